The van der Waals surface area contributed by atoms with Gasteiger partial charge in [0.1, 0.15) is 0 Å². The normalized spacial score (nSPS) is 9.93. The summed E-state index contributed by atoms with van der Waals surface area (Å²) < 4.78 is 0. The Hall–Kier alpha value is -1.23. The molecule has 0 unspecified atom stereocenters. The van der Waals surface area contributed by atoms with Crippen molar-refractivity contribution in [2.45, 2.75) is 51.9 Å². The molecular formula is C13H20O2. The van der Waals surface area contributed by atoms with Gasteiger partial charge in [-0.3, -0.25) is 4.79 Å². The molecule has 0 radical (unpaired) electrons. The average Bonchev–Trinajstić information content (AvgIpc) is 2.20. The number of carboxylic acid groups (broad SMARTS) is 1. The Morgan fingerprint density at radius 1 is 1.27 bits per heavy atom. The van der Waals surface area contributed by atoms with Crippen LogP contribution < -0.4 is 0 Å². The molecule has 0 aliphatic rings. The van der Waals surface area contributed by atoms with Crippen molar-refractivity contribution in [2.24, 2.45) is 0 Å². The van der Waals surface area contributed by atoms with Crippen LogP contribution in [-0.4, -0.2) is 11.1 Å². The van der Waals surface area contributed by atoms with Crippen LogP contribution in [0.15, 0.2) is 12.2 Å². The van der Waals surface area contributed by atoms with E-state index in [9.17, 15) is 4.79 Å². The lowest BCUT2D eigenvalue weighted by Gasteiger charge is -1.90. The van der Waals surface area contributed by atoms with E-state index in [2.05, 4.69) is 30.9 Å². The summed E-state index contributed by atoms with van der Waals surface area (Å²) in [5.41, 5.74) is 0. The minimum atomic E-state index is -0.778. The van der Waals surface area contributed by atoms with Gasteiger partial charge in [0.25, 0.3) is 0 Å². The second kappa shape index (κ2) is 10.8. The van der Waals surface area contributed by atoms with E-state index >= 15 is 0 Å². The van der Waals surface area contributed by atoms with Crippen molar-refractivity contribution < 1.29 is 9.90 Å². The molecule has 0 rings (SSSR count). The Bertz CT molecular complexity index is 243. The fourth-order valence-corrected chi connectivity index (χ4v) is 1.10. The van der Waals surface area contributed by atoms with Crippen LogP contribution in [0, 0.1) is 11.8 Å². The third-order valence-corrected chi connectivity index (χ3v) is 1.95. The summed E-state index contributed by atoms with van der Waals surface area (Å²) in [7, 11) is 0. The average molecular weight is 208 g/mol. The molecule has 2 heteroatoms. The maximum atomic E-state index is 10.2. The van der Waals surface area contributed by atoms with Crippen molar-refractivity contribution in [1.82, 2.24) is 0 Å². The van der Waals surface area contributed by atoms with Gasteiger partial charge in [0, 0.05) is 12.8 Å². The summed E-state index contributed by atoms with van der Waals surface area (Å²) >= 11 is 0. The zero-order valence-corrected chi connectivity index (χ0v) is 9.46. The molecule has 2 nitrogen and oxygen atoms in total. The summed E-state index contributed by atoms with van der Waals surface area (Å²) in [5.74, 6) is 4.99. The van der Waals surface area contributed by atoms with Crippen molar-refractivity contribution in [3.63, 3.8) is 0 Å². The smallest absolute Gasteiger partial charge is 0.304 e. The topological polar surface area (TPSA) is 37.3 Å². The Morgan fingerprint density at radius 3 is 2.73 bits per heavy atom. The molecule has 0 spiro atoms. The predicted octanol–water partition coefficient (Wildman–Crippen LogP) is 3.38. The van der Waals surface area contributed by atoms with Crippen molar-refractivity contribution in [3.05, 3.63) is 12.2 Å². The summed E-state index contributed by atoms with van der Waals surface area (Å²) in [6.45, 7) is 2.19. The van der Waals surface area contributed by atoms with Gasteiger partial charge >= 0.3 is 5.97 Å². The molecule has 0 amide bonds. The van der Waals surface area contributed by atoms with Crippen LogP contribution in [0.3, 0.4) is 0 Å². The highest BCUT2D eigenvalue weighted by atomic mass is 16.4. The first-order valence-corrected chi connectivity index (χ1v) is 5.60. The molecule has 0 heterocycles. The number of aliphatic carboxylic acids is 1. The zero-order chi connectivity index (χ0) is 11.4. The molecule has 0 aliphatic carbocycles. The highest BCUT2D eigenvalue weighted by molar-refractivity contribution is 5.66. The van der Waals surface area contributed by atoms with Crippen molar-refractivity contribution in [3.8, 4) is 11.8 Å². The van der Waals surface area contributed by atoms with E-state index in [-0.39, 0.29) is 6.42 Å². The number of carbonyl (C=O) groups is 1. The fraction of sp³-hybridized carbons (Fsp3) is 0.615. The van der Waals surface area contributed by atoms with Crippen LogP contribution in [0.1, 0.15) is 51.9 Å². The second-order valence-corrected chi connectivity index (χ2v) is 3.42. The van der Waals surface area contributed by atoms with Crippen molar-refractivity contribution in [1.29, 1.82) is 0 Å². The molecule has 0 saturated carbocycles. The monoisotopic (exact) mass is 208 g/mol. The molecule has 0 aromatic carbocycles. The van der Waals surface area contributed by atoms with E-state index in [1.54, 1.807) is 0 Å². The van der Waals surface area contributed by atoms with Gasteiger partial charge in [-0.25, -0.2) is 0 Å². The minimum Gasteiger partial charge on any atom is -0.481 e. The van der Waals surface area contributed by atoms with E-state index in [0.29, 0.717) is 6.42 Å². The summed E-state index contributed by atoms with van der Waals surface area (Å²) in [6.07, 6.45) is 10.5. The Kier molecular flexibility index (Phi) is 9.96. The number of hydrogen-bond donors (Lipinski definition) is 1. The van der Waals surface area contributed by atoms with E-state index in [0.717, 1.165) is 12.8 Å². The van der Waals surface area contributed by atoms with Gasteiger partial charge < -0.3 is 5.11 Å². The maximum absolute atomic E-state index is 10.2. The fourth-order valence-electron chi connectivity index (χ4n) is 1.10. The van der Waals surface area contributed by atoms with E-state index in [1.807, 2.05) is 0 Å². The minimum absolute atomic E-state index is 0.146. The molecule has 0 atom stereocenters. The molecule has 84 valence electrons. The van der Waals surface area contributed by atoms with Crippen LogP contribution >= 0.6 is 0 Å². The van der Waals surface area contributed by atoms with E-state index in [4.69, 9.17) is 5.11 Å². The quantitative estimate of drug-likeness (QED) is 0.395. The predicted molar refractivity (Wildman–Crippen MR) is 62.5 cm³/mol. The molecule has 0 saturated heterocycles. The number of carboxylic acids is 1. The first-order chi connectivity index (χ1) is 7.27. The summed E-state index contributed by atoms with van der Waals surface area (Å²) in [4.78, 5) is 10.2. The molecule has 0 bridgehead atoms. The van der Waals surface area contributed by atoms with Crippen LogP contribution in [-0.2, 0) is 4.79 Å². The Morgan fingerprint density at radius 2 is 2.07 bits per heavy atom. The lowest BCUT2D eigenvalue weighted by Crippen LogP contribution is -1.91. The van der Waals surface area contributed by atoms with Gasteiger partial charge in [-0.1, -0.05) is 37.8 Å². The highest BCUT2D eigenvalue weighted by Gasteiger charge is 1.90. The van der Waals surface area contributed by atoms with Crippen LogP contribution in [0.5, 0.6) is 0 Å². The van der Waals surface area contributed by atoms with Gasteiger partial charge in [-0.2, -0.15) is 0 Å². The van der Waals surface area contributed by atoms with Gasteiger partial charge in [-0.15, -0.1) is 5.92 Å². The van der Waals surface area contributed by atoms with Gasteiger partial charge in [0.2, 0.25) is 0 Å². The van der Waals surface area contributed by atoms with Gasteiger partial charge in [0.15, 0.2) is 0 Å². The third-order valence-electron chi connectivity index (χ3n) is 1.95. The standard InChI is InChI=1S/C13H20O2/c1-2-3-4-5-6-7-8-9-10-11-12-13(14)15/h6-7H,2-5,8,11-12H2,1H3,(H,14,15)/b7-6-. The van der Waals surface area contributed by atoms with E-state index < -0.39 is 5.97 Å². The van der Waals surface area contributed by atoms with Crippen LogP contribution in [0.25, 0.3) is 0 Å². The lowest BCUT2D eigenvalue weighted by molar-refractivity contribution is -0.136. The first kappa shape index (κ1) is 13.8. The molecule has 0 aromatic heterocycles. The number of unbranched alkanes of at least 4 members (excludes halogenated alkanes) is 3. The molecule has 0 aliphatic heterocycles. The van der Waals surface area contributed by atoms with Crippen LogP contribution in [0.4, 0.5) is 0 Å². The van der Waals surface area contributed by atoms with Crippen LogP contribution in [0.2, 0.25) is 0 Å². The second-order valence-electron chi connectivity index (χ2n) is 3.42. The molecule has 0 aromatic rings. The van der Waals surface area contributed by atoms with Crippen molar-refractivity contribution in [2.75, 3.05) is 0 Å². The summed E-state index contributed by atoms with van der Waals surface area (Å²) in [6, 6.07) is 0. The number of allylic oxidation sites excluding steroid dienone is 2. The molecule has 1 N–H and O–H groups in total. The molecule has 15 heavy (non-hydrogen) atoms. The molecule has 0 fully saturated rings. The SMILES string of the molecule is CCCCC/C=C\CC#CCCC(=O)O. The molecular weight excluding hydrogens is 188 g/mol. The third kappa shape index (κ3) is 12.8. The lowest BCUT2D eigenvalue weighted by atomic mass is 10.2. The zero-order valence-electron chi connectivity index (χ0n) is 9.46. The Balaban J connectivity index is 3.31. The van der Waals surface area contributed by atoms with Gasteiger partial charge in [-0.05, 0) is 12.8 Å². The maximum Gasteiger partial charge on any atom is 0.304 e. The first-order valence-electron chi connectivity index (χ1n) is 5.60. The number of hydrogen-bond acceptors (Lipinski definition) is 1. The highest BCUT2D eigenvalue weighted by Crippen LogP contribution is 1.99. The van der Waals surface area contributed by atoms with Crippen molar-refractivity contribution >= 4 is 5.97 Å². The largest absolute Gasteiger partial charge is 0.481 e. The Labute approximate surface area is 92.4 Å². The number of rotatable bonds is 7. The summed E-state index contributed by atoms with van der Waals surface area (Å²) in [5, 5.41) is 8.35. The van der Waals surface area contributed by atoms with Gasteiger partial charge in [0.05, 0.1) is 6.42 Å². The van der Waals surface area contributed by atoms with E-state index in [1.165, 1.54) is 19.3 Å².